The molecule has 2 aromatic carbocycles. The van der Waals surface area contributed by atoms with E-state index in [1.165, 1.54) is 12.1 Å². The molecular weight excluding hydrogens is 596 g/mol. The van der Waals surface area contributed by atoms with E-state index in [2.05, 4.69) is 0 Å². The maximum Gasteiger partial charge on any atom is 0.335 e. The minimum atomic E-state index is -1.96. The number of phenolic OH excluding ortho intramolecular Hbond substituents is 2. The lowest BCUT2D eigenvalue weighted by Gasteiger charge is -2.39. The average Bonchev–Trinajstić information content (AvgIpc) is 2.97. The fourth-order valence-electron chi connectivity index (χ4n) is 4.80. The van der Waals surface area contributed by atoms with Gasteiger partial charge in [0.2, 0.25) is 12.6 Å². The maximum absolute atomic E-state index is 12.9. The molecule has 17 heteroatoms. The summed E-state index contributed by atoms with van der Waals surface area (Å²) in [6, 6.07) is 6.76. The zero-order chi connectivity index (χ0) is 32.0. The summed E-state index contributed by atoms with van der Waals surface area (Å²) in [4.78, 5) is 24.2. The van der Waals surface area contributed by atoms with Crippen molar-refractivity contribution >= 4 is 16.9 Å². The Kier molecular flexibility index (Phi) is 8.67. The van der Waals surface area contributed by atoms with Gasteiger partial charge >= 0.3 is 5.97 Å². The van der Waals surface area contributed by atoms with E-state index in [4.69, 9.17) is 23.4 Å². The number of aromatic hydroxyl groups is 2. The van der Waals surface area contributed by atoms with Gasteiger partial charge in [-0.3, -0.25) is 4.79 Å². The van der Waals surface area contributed by atoms with Crippen LogP contribution >= 0.6 is 0 Å². The van der Waals surface area contributed by atoms with Gasteiger partial charge in [-0.1, -0.05) is 0 Å². The standard InChI is InChI=1S/C27H28O17/c28-7-16-18(32)19(33)22(36)27(43-16)42-13-2-1-8(3-10(13)29)14-6-12(31)17-11(30)4-9(5-15(17)41-14)40-26-23(37)20(34)21(35)24(44-26)25(38)39/h1-6,16,18-24,26-30,32-37H,7H2,(H,38,39)/t16-,18-,19+,20-,21+,22-,23+,24-,26+,27-/m0/s1. The third-order valence-corrected chi connectivity index (χ3v) is 7.18. The molecule has 0 bridgehead atoms. The van der Waals surface area contributed by atoms with Crippen molar-refractivity contribution in [2.45, 2.75) is 61.4 Å². The van der Waals surface area contributed by atoms with Crippen LogP contribution < -0.4 is 14.9 Å². The topological polar surface area (TPSA) is 286 Å². The molecule has 44 heavy (non-hydrogen) atoms. The van der Waals surface area contributed by atoms with Crippen LogP contribution in [0.5, 0.6) is 23.0 Å². The van der Waals surface area contributed by atoms with Crippen molar-refractivity contribution in [3.8, 4) is 34.3 Å². The van der Waals surface area contributed by atoms with E-state index in [-0.39, 0.29) is 33.8 Å². The molecule has 3 aromatic rings. The van der Waals surface area contributed by atoms with Crippen LogP contribution in [-0.4, -0.2) is 125 Å². The number of ether oxygens (including phenoxy) is 4. The minimum absolute atomic E-state index is 0.118. The van der Waals surface area contributed by atoms with Crippen LogP contribution in [0.1, 0.15) is 0 Å². The Morgan fingerprint density at radius 2 is 1.43 bits per heavy atom. The average molecular weight is 625 g/mol. The largest absolute Gasteiger partial charge is 0.507 e. The highest BCUT2D eigenvalue weighted by molar-refractivity contribution is 5.86. The molecule has 17 nitrogen and oxygen atoms in total. The van der Waals surface area contributed by atoms with Gasteiger partial charge in [-0.25, -0.2) is 4.79 Å². The monoisotopic (exact) mass is 624 g/mol. The number of carboxylic acids is 1. The van der Waals surface area contributed by atoms with Gasteiger partial charge in [-0.2, -0.15) is 0 Å². The third-order valence-electron chi connectivity index (χ3n) is 7.18. The lowest BCUT2D eigenvalue weighted by atomic mass is 9.99. The Bertz CT molecular complexity index is 1590. The van der Waals surface area contributed by atoms with Gasteiger partial charge in [0, 0.05) is 23.8 Å². The van der Waals surface area contributed by atoms with Crippen molar-refractivity contribution < 1.29 is 79.2 Å². The second kappa shape index (κ2) is 12.2. The molecule has 0 saturated carbocycles. The van der Waals surface area contributed by atoms with Crippen LogP contribution in [0.2, 0.25) is 0 Å². The lowest BCUT2D eigenvalue weighted by molar-refractivity contribution is -0.277. The number of fused-ring (bicyclic) bond motifs is 1. The molecular formula is C27H28O17. The Morgan fingerprint density at radius 3 is 2.07 bits per heavy atom. The molecule has 0 radical (unpaired) electrons. The molecule has 0 aliphatic carbocycles. The van der Waals surface area contributed by atoms with Crippen molar-refractivity contribution in [3.63, 3.8) is 0 Å². The number of hydrogen-bond donors (Lipinski definition) is 10. The van der Waals surface area contributed by atoms with Crippen LogP contribution in [0.25, 0.3) is 22.3 Å². The molecule has 238 valence electrons. The molecule has 2 fully saturated rings. The SMILES string of the molecule is O=C(O)[C@H]1O[C@@H](Oc2cc(O)c3c(=O)cc(-c4ccc(O[C@H]5O[C@@H](CO)[C@H](O)[C@@H](O)[C@@H]5O)c(O)c4)oc3c2)[C@H](O)[C@@H](O)[C@H]1O. The fraction of sp³-hybridized carbons (Fsp3) is 0.407. The third kappa shape index (κ3) is 5.75. The van der Waals surface area contributed by atoms with Crippen molar-refractivity contribution in [1.29, 1.82) is 0 Å². The van der Waals surface area contributed by atoms with Crippen LogP contribution in [0.4, 0.5) is 0 Å². The van der Waals surface area contributed by atoms with Gasteiger partial charge in [0.15, 0.2) is 23.0 Å². The van der Waals surface area contributed by atoms with Gasteiger partial charge in [0.1, 0.15) is 71.0 Å². The highest BCUT2D eigenvalue weighted by Gasteiger charge is 2.48. The predicted octanol–water partition coefficient (Wildman–Crippen LogP) is -2.68. The van der Waals surface area contributed by atoms with Crippen molar-refractivity contribution in [1.82, 2.24) is 0 Å². The summed E-state index contributed by atoms with van der Waals surface area (Å²) < 4.78 is 26.9. The first kappa shape index (κ1) is 31.4. The van der Waals surface area contributed by atoms with E-state index in [9.17, 15) is 60.7 Å². The van der Waals surface area contributed by atoms with Gasteiger partial charge in [-0.15, -0.1) is 0 Å². The summed E-state index contributed by atoms with van der Waals surface area (Å²) in [5.74, 6) is -3.43. The fourth-order valence-corrected chi connectivity index (χ4v) is 4.80. The Hall–Kier alpha value is -4.04. The molecule has 0 spiro atoms. The van der Waals surface area contributed by atoms with Crippen LogP contribution in [0.15, 0.2) is 45.6 Å². The first-order chi connectivity index (χ1) is 20.8. The number of benzene rings is 2. The van der Waals surface area contributed by atoms with E-state index in [0.717, 1.165) is 24.3 Å². The molecule has 1 aromatic heterocycles. The van der Waals surface area contributed by atoms with Crippen LogP contribution in [-0.2, 0) is 14.3 Å². The summed E-state index contributed by atoms with van der Waals surface area (Å²) >= 11 is 0. The molecule has 10 atom stereocenters. The summed E-state index contributed by atoms with van der Waals surface area (Å²) in [5.41, 5.74) is -0.838. The summed E-state index contributed by atoms with van der Waals surface area (Å²) in [6.07, 6.45) is -17.5. The van der Waals surface area contributed by atoms with Crippen molar-refractivity contribution in [2.24, 2.45) is 0 Å². The van der Waals surface area contributed by atoms with E-state index in [0.29, 0.717) is 0 Å². The smallest absolute Gasteiger partial charge is 0.335 e. The number of phenols is 2. The highest BCUT2D eigenvalue weighted by Crippen LogP contribution is 2.37. The van der Waals surface area contributed by atoms with Crippen molar-refractivity contribution in [2.75, 3.05) is 6.61 Å². The maximum atomic E-state index is 12.9. The van der Waals surface area contributed by atoms with Crippen molar-refractivity contribution in [3.05, 3.63) is 46.6 Å². The Morgan fingerprint density at radius 1 is 0.773 bits per heavy atom. The number of aliphatic hydroxyl groups is 7. The quantitative estimate of drug-likeness (QED) is 0.128. The second-order valence-electron chi connectivity index (χ2n) is 10.1. The van der Waals surface area contributed by atoms with Gasteiger partial charge in [0.05, 0.1) is 6.61 Å². The molecule has 0 unspecified atom stereocenters. The highest BCUT2D eigenvalue weighted by atomic mass is 16.7. The molecule has 2 aliphatic heterocycles. The number of hydrogen-bond acceptors (Lipinski definition) is 16. The molecule has 2 saturated heterocycles. The molecule has 2 aliphatic rings. The lowest BCUT2D eigenvalue weighted by Crippen LogP contribution is -2.61. The van der Waals surface area contributed by atoms with Gasteiger partial charge in [-0.05, 0) is 18.2 Å². The summed E-state index contributed by atoms with van der Waals surface area (Å²) in [7, 11) is 0. The van der Waals surface area contributed by atoms with E-state index in [1.54, 1.807) is 0 Å². The first-order valence-corrected chi connectivity index (χ1v) is 13.0. The van der Waals surface area contributed by atoms with E-state index >= 15 is 0 Å². The normalized spacial score (nSPS) is 32.3. The number of carboxylic acid groups (broad SMARTS) is 1. The number of aliphatic hydroxyl groups excluding tert-OH is 7. The zero-order valence-corrected chi connectivity index (χ0v) is 22.3. The predicted molar refractivity (Wildman–Crippen MR) is 141 cm³/mol. The Balaban J connectivity index is 1.41. The second-order valence-corrected chi connectivity index (χ2v) is 10.1. The first-order valence-electron chi connectivity index (χ1n) is 13.0. The molecule has 3 heterocycles. The van der Waals surface area contributed by atoms with Gasteiger partial charge in [0.25, 0.3) is 0 Å². The van der Waals surface area contributed by atoms with Gasteiger partial charge < -0.3 is 74.4 Å². The number of aliphatic carboxylic acids is 1. The van der Waals surface area contributed by atoms with E-state index < -0.39 is 90.9 Å². The van der Waals surface area contributed by atoms with E-state index in [1.807, 2.05) is 0 Å². The van der Waals surface area contributed by atoms with Crippen LogP contribution in [0.3, 0.4) is 0 Å². The Labute approximate surface area is 245 Å². The molecule has 10 N–H and O–H groups in total. The zero-order valence-electron chi connectivity index (χ0n) is 22.3. The summed E-state index contributed by atoms with van der Waals surface area (Å²) in [5, 5.41) is 99.5. The van der Waals surface area contributed by atoms with Crippen LogP contribution in [0, 0.1) is 0 Å². The molecule has 0 amide bonds. The summed E-state index contributed by atoms with van der Waals surface area (Å²) in [6.45, 7) is -0.693. The molecule has 5 rings (SSSR count). The number of carbonyl (C=O) groups is 1. The number of rotatable bonds is 7. The minimum Gasteiger partial charge on any atom is -0.507 e.